The van der Waals surface area contributed by atoms with Crippen LogP contribution in [0.5, 0.6) is 0 Å². The molecule has 92 valence electrons. The van der Waals surface area contributed by atoms with Gasteiger partial charge in [-0.05, 0) is 19.6 Å². The molecule has 1 atom stereocenters. The summed E-state index contributed by atoms with van der Waals surface area (Å²) in [7, 11) is 0. The second-order valence-electron chi connectivity index (χ2n) is 3.80. The van der Waals surface area contributed by atoms with E-state index in [-0.39, 0.29) is 6.04 Å². The molecule has 5 heteroatoms. The molecule has 3 nitrogen and oxygen atoms in total. The third-order valence-electron chi connectivity index (χ3n) is 2.53. The van der Waals surface area contributed by atoms with Crippen molar-refractivity contribution in [3.8, 4) is 0 Å². The predicted octanol–water partition coefficient (Wildman–Crippen LogP) is 2.35. The normalized spacial score (nSPS) is 13.1. The smallest absolute Gasteiger partial charge is 0.0850 e. The van der Waals surface area contributed by atoms with Gasteiger partial charge in [0.25, 0.3) is 0 Å². The molecule has 1 aromatic heterocycles. The van der Waals surface area contributed by atoms with Crippen LogP contribution in [0.1, 0.15) is 25.2 Å². The van der Waals surface area contributed by atoms with Crippen LogP contribution < -0.4 is 5.73 Å². The Morgan fingerprint density at radius 1 is 1.50 bits per heavy atom. The van der Waals surface area contributed by atoms with Crippen molar-refractivity contribution in [1.82, 2.24) is 9.78 Å². The summed E-state index contributed by atoms with van der Waals surface area (Å²) >= 11 is 8.07. The number of thioether (sulfide) groups is 1. The second-order valence-corrected chi connectivity index (χ2v) is 5.08. The van der Waals surface area contributed by atoms with Crippen LogP contribution >= 0.6 is 23.4 Å². The molecular formula is C11H20ClN3S. The molecule has 0 bridgehead atoms. The highest BCUT2D eigenvalue weighted by Crippen LogP contribution is 2.23. The Kier molecular flexibility index (Phi) is 5.66. The Bertz CT molecular complexity index is 338. The fraction of sp³-hybridized carbons (Fsp3) is 0.727. The number of hydrogen-bond acceptors (Lipinski definition) is 3. The maximum Gasteiger partial charge on any atom is 0.0850 e. The second kappa shape index (κ2) is 6.52. The van der Waals surface area contributed by atoms with Gasteiger partial charge in [-0.1, -0.05) is 18.5 Å². The van der Waals surface area contributed by atoms with E-state index in [2.05, 4.69) is 25.2 Å². The highest BCUT2D eigenvalue weighted by Gasteiger charge is 2.16. The van der Waals surface area contributed by atoms with Crippen molar-refractivity contribution in [3.63, 3.8) is 0 Å². The first kappa shape index (κ1) is 13.9. The predicted molar refractivity (Wildman–Crippen MR) is 72.4 cm³/mol. The van der Waals surface area contributed by atoms with E-state index in [0.717, 1.165) is 41.5 Å². The van der Waals surface area contributed by atoms with Crippen LogP contribution in [0, 0.1) is 0 Å². The Morgan fingerprint density at radius 3 is 2.69 bits per heavy atom. The summed E-state index contributed by atoms with van der Waals surface area (Å²) in [5.41, 5.74) is 8.11. The van der Waals surface area contributed by atoms with Crippen molar-refractivity contribution in [2.24, 2.45) is 5.73 Å². The van der Waals surface area contributed by atoms with Gasteiger partial charge in [0.2, 0.25) is 0 Å². The molecule has 0 radical (unpaired) electrons. The van der Waals surface area contributed by atoms with Gasteiger partial charge in [0.15, 0.2) is 0 Å². The average molecular weight is 262 g/mol. The quantitative estimate of drug-likeness (QED) is 0.855. The van der Waals surface area contributed by atoms with Gasteiger partial charge in [-0.25, -0.2) is 0 Å². The van der Waals surface area contributed by atoms with Crippen LogP contribution in [0.4, 0.5) is 0 Å². The molecule has 0 spiro atoms. The fourth-order valence-electron chi connectivity index (χ4n) is 1.73. The van der Waals surface area contributed by atoms with E-state index < -0.39 is 0 Å². The first-order valence-electron chi connectivity index (χ1n) is 5.62. The first-order valence-corrected chi connectivity index (χ1v) is 7.39. The van der Waals surface area contributed by atoms with Crippen LogP contribution in [-0.2, 0) is 19.4 Å². The summed E-state index contributed by atoms with van der Waals surface area (Å²) in [5.74, 6) is 0.951. The first-order chi connectivity index (χ1) is 7.63. The molecule has 1 unspecified atom stereocenters. The summed E-state index contributed by atoms with van der Waals surface area (Å²) in [6, 6.07) is 0.152. The lowest BCUT2D eigenvalue weighted by Gasteiger charge is -2.11. The molecule has 0 saturated carbocycles. The molecule has 0 aliphatic heterocycles. The van der Waals surface area contributed by atoms with Gasteiger partial charge in [-0.15, -0.1) is 0 Å². The molecule has 1 heterocycles. The molecular weight excluding hydrogens is 242 g/mol. The van der Waals surface area contributed by atoms with Crippen molar-refractivity contribution < 1.29 is 0 Å². The van der Waals surface area contributed by atoms with Gasteiger partial charge in [0.1, 0.15) is 0 Å². The Morgan fingerprint density at radius 2 is 2.19 bits per heavy atom. The van der Waals surface area contributed by atoms with Crippen LogP contribution in [0.2, 0.25) is 5.02 Å². The molecule has 0 aliphatic rings. The highest BCUT2D eigenvalue weighted by molar-refractivity contribution is 7.98. The van der Waals surface area contributed by atoms with Crippen molar-refractivity contribution in [1.29, 1.82) is 0 Å². The summed E-state index contributed by atoms with van der Waals surface area (Å²) in [4.78, 5) is 0. The van der Waals surface area contributed by atoms with Crippen LogP contribution in [-0.4, -0.2) is 27.8 Å². The Labute approximate surface area is 107 Å². The molecule has 0 fully saturated rings. The van der Waals surface area contributed by atoms with Crippen LogP contribution in [0.3, 0.4) is 0 Å². The molecule has 0 aliphatic carbocycles. The lowest BCUT2D eigenvalue weighted by atomic mass is 10.1. The number of aromatic nitrogens is 2. The average Bonchev–Trinajstić information content (AvgIpc) is 2.56. The van der Waals surface area contributed by atoms with E-state index in [1.165, 1.54) is 0 Å². The van der Waals surface area contributed by atoms with E-state index in [4.69, 9.17) is 17.3 Å². The standard InChI is InChI=1S/C11H20ClN3S/c1-4-9-11(12)10(15(5-2)14-9)6-8(13)7-16-3/h8H,4-7,13H2,1-3H3. The minimum atomic E-state index is 0.152. The maximum atomic E-state index is 6.31. The third kappa shape index (κ3) is 3.15. The Hall–Kier alpha value is -0.190. The minimum absolute atomic E-state index is 0.152. The van der Waals surface area contributed by atoms with E-state index in [9.17, 15) is 0 Å². The molecule has 1 aromatic rings. The van der Waals surface area contributed by atoms with Crippen molar-refractivity contribution in [2.75, 3.05) is 12.0 Å². The molecule has 1 rings (SSSR count). The highest BCUT2D eigenvalue weighted by atomic mass is 35.5. The number of rotatable bonds is 6. The summed E-state index contributed by atoms with van der Waals surface area (Å²) < 4.78 is 1.97. The third-order valence-corrected chi connectivity index (χ3v) is 3.73. The number of aryl methyl sites for hydroxylation is 2. The van der Waals surface area contributed by atoms with Gasteiger partial charge in [-0.2, -0.15) is 16.9 Å². The molecule has 0 aromatic carbocycles. The molecule has 16 heavy (non-hydrogen) atoms. The molecule has 2 N–H and O–H groups in total. The Balaban J connectivity index is 2.88. The minimum Gasteiger partial charge on any atom is -0.327 e. The lowest BCUT2D eigenvalue weighted by molar-refractivity contribution is 0.592. The SMILES string of the molecule is CCc1nn(CC)c(CC(N)CSC)c1Cl. The topological polar surface area (TPSA) is 43.8 Å². The van der Waals surface area contributed by atoms with Gasteiger partial charge in [0, 0.05) is 24.8 Å². The fourth-order valence-corrected chi connectivity index (χ4v) is 2.63. The zero-order valence-corrected chi connectivity index (χ0v) is 11.7. The van der Waals surface area contributed by atoms with Crippen molar-refractivity contribution >= 4 is 23.4 Å². The van der Waals surface area contributed by atoms with Gasteiger partial charge < -0.3 is 5.73 Å². The largest absolute Gasteiger partial charge is 0.327 e. The number of nitrogens with two attached hydrogens (primary N) is 1. The number of halogens is 1. The summed E-state index contributed by atoms with van der Waals surface area (Å²) in [6.07, 6.45) is 3.74. The van der Waals surface area contributed by atoms with Gasteiger partial charge in [-0.3, -0.25) is 4.68 Å². The van der Waals surface area contributed by atoms with Crippen molar-refractivity contribution in [2.45, 2.75) is 39.3 Å². The van der Waals surface area contributed by atoms with Crippen LogP contribution in [0.15, 0.2) is 0 Å². The van der Waals surface area contributed by atoms with E-state index in [1.54, 1.807) is 11.8 Å². The molecule has 0 saturated heterocycles. The van der Waals surface area contributed by atoms with E-state index >= 15 is 0 Å². The van der Waals surface area contributed by atoms with E-state index in [0.29, 0.717) is 0 Å². The summed E-state index contributed by atoms with van der Waals surface area (Å²) in [5, 5.41) is 5.29. The van der Waals surface area contributed by atoms with Crippen molar-refractivity contribution in [3.05, 3.63) is 16.4 Å². The monoisotopic (exact) mass is 261 g/mol. The van der Waals surface area contributed by atoms with E-state index in [1.807, 2.05) is 4.68 Å². The number of nitrogens with zero attached hydrogens (tertiary/aromatic N) is 2. The lowest BCUT2D eigenvalue weighted by Crippen LogP contribution is -2.27. The van der Waals surface area contributed by atoms with Crippen LogP contribution in [0.25, 0.3) is 0 Å². The van der Waals surface area contributed by atoms with Gasteiger partial charge >= 0.3 is 0 Å². The zero-order valence-electron chi connectivity index (χ0n) is 10.2. The van der Waals surface area contributed by atoms with Gasteiger partial charge in [0.05, 0.1) is 16.4 Å². The zero-order chi connectivity index (χ0) is 12.1. The maximum absolute atomic E-state index is 6.31. The summed E-state index contributed by atoms with van der Waals surface area (Å²) in [6.45, 7) is 4.99. The number of hydrogen-bond donors (Lipinski definition) is 1. The molecule has 0 amide bonds.